The van der Waals surface area contributed by atoms with Crippen LogP contribution in [-0.2, 0) is 14.3 Å². The average Bonchev–Trinajstić information content (AvgIpc) is 2.84. The van der Waals surface area contributed by atoms with Crippen molar-refractivity contribution in [3.05, 3.63) is 23.3 Å². The number of carbonyl (C=O) groups excluding carboxylic acids is 2. The fourth-order valence-corrected chi connectivity index (χ4v) is 4.57. The minimum absolute atomic E-state index is 0. The number of quaternary nitrogens is 1. The zero-order valence-electron chi connectivity index (χ0n) is 26.6. The lowest BCUT2D eigenvalue weighted by atomic mass is 10.0. The minimum Gasteiger partial charge on any atom is -1.00 e. The summed E-state index contributed by atoms with van der Waals surface area (Å²) in [6, 6.07) is 0. The van der Waals surface area contributed by atoms with Gasteiger partial charge < -0.3 is 26.9 Å². The maximum Gasteiger partial charge on any atom is 0.362 e. The van der Waals surface area contributed by atoms with Gasteiger partial charge in [0, 0.05) is 19.4 Å². The summed E-state index contributed by atoms with van der Waals surface area (Å²) in [4.78, 5) is 24.4. The van der Waals surface area contributed by atoms with Crippen molar-refractivity contribution in [2.45, 2.75) is 137 Å². The second-order valence-electron chi connectivity index (χ2n) is 12.1. The second kappa shape index (κ2) is 26.9. The summed E-state index contributed by atoms with van der Waals surface area (Å²) in [5.74, 6) is -0.0145. The molecule has 0 saturated carbocycles. The number of esters is 1. The number of rotatable bonds is 25. The molecule has 1 amide bonds. The Morgan fingerprint density at radius 3 is 1.82 bits per heavy atom. The molecule has 0 aliphatic carbocycles. The number of halogens is 1. The van der Waals surface area contributed by atoms with Gasteiger partial charge in [0.2, 0.25) is 5.91 Å². The van der Waals surface area contributed by atoms with Crippen LogP contribution in [0.25, 0.3) is 0 Å². The summed E-state index contributed by atoms with van der Waals surface area (Å²) in [6.07, 6.45) is 24.9. The van der Waals surface area contributed by atoms with E-state index < -0.39 is 0 Å². The molecule has 0 radical (unpaired) electrons. The summed E-state index contributed by atoms with van der Waals surface area (Å²) in [5, 5.41) is 3.05. The van der Waals surface area contributed by atoms with Crippen molar-refractivity contribution in [1.82, 2.24) is 5.32 Å². The smallest absolute Gasteiger partial charge is 0.362 e. The van der Waals surface area contributed by atoms with Crippen molar-refractivity contribution in [3.63, 3.8) is 0 Å². The largest absolute Gasteiger partial charge is 1.00 e. The van der Waals surface area contributed by atoms with Crippen molar-refractivity contribution in [2.75, 3.05) is 40.3 Å². The molecule has 6 heteroatoms. The Hall–Kier alpha value is -1.33. The molecule has 0 aliphatic rings. The monoisotopic (exact) mass is 570 g/mol. The molecule has 0 unspecified atom stereocenters. The first kappa shape index (κ1) is 39.8. The maximum absolute atomic E-state index is 12.2. The Morgan fingerprint density at radius 2 is 1.28 bits per heavy atom. The van der Waals surface area contributed by atoms with Crippen LogP contribution in [0.15, 0.2) is 23.3 Å². The highest BCUT2D eigenvalue weighted by molar-refractivity contribution is 5.75. The number of hydrogen-bond acceptors (Lipinski definition) is 3. The molecule has 0 fully saturated rings. The minimum atomic E-state index is -0.171. The van der Waals surface area contributed by atoms with E-state index in [9.17, 15) is 9.59 Å². The molecule has 0 bridgehead atoms. The second-order valence-corrected chi connectivity index (χ2v) is 12.1. The molecule has 0 rings (SSSR count). The van der Waals surface area contributed by atoms with E-state index >= 15 is 0 Å². The predicted octanol–water partition coefficient (Wildman–Crippen LogP) is 5.29. The zero-order valence-corrected chi connectivity index (χ0v) is 27.3. The molecule has 0 saturated heterocycles. The Labute approximate surface area is 248 Å². The SMILES string of the molecule is CCCCCCCCCCCCCCCC(=O)NCCC[N+](C)(C)CC(=O)OCC=C(C)CCC=C(C)C.[Cl-]. The quantitative estimate of drug-likeness (QED) is 0.0702. The van der Waals surface area contributed by atoms with Gasteiger partial charge in [-0.05, 0) is 46.1 Å². The van der Waals surface area contributed by atoms with E-state index in [0.717, 1.165) is 38.6 Å². The number of hydrogen-bond donors (Lipinski definition) is 1. The lowest BCUT2D eigenvalue weighted by Crippen LogP contribution is -3.00. The Kier molecular flexibility index (Phi) is 27.4. The maximum atomic E-state index is 12.2. The summed E-state index contributed by atoms with van der Waals surface area (Å²) in [6.45, 7) is 10.7. The number of allylic oxidation sites excluding steroid dienone is 3. The van der Waals surface area contributed by atoms with Gasteiger partial charge in [0.1, 0.15) is 6.61 Å². The van der Waals surface area contributed by atoms with Crippen LogP contribution in [0.1, 0.15) is 137 Å². The fraction of sp³-hybridized carbons (Fsp3) is 0.818. The summed E-state index contributed by atoms with van der Waals surface area (Å²) in [5.41, 5.74) is 2.58. The summed E-state index contributed by atoms with van der Waals surface area (Å²) in [7, 11) is 4.08. The van der Waals surface area contributed by atoms with Crippen molar-refractivity contribution < 1.29 is 31.2 Å². The molecule has 39 heavy (non-hydrogen) atoms. The molecule has 0 aromatic heterocycles. The first-order valence-corrected chi connectivity index (χ1v) is 15.7. The number of ether oxygens (including phenoxy) is 1. The Bertz CT molecular complexity index is 670. The number of unbranched alkanes of at least 4 members (excludes halogenated alkanes) is 12. The number of nitrogens with zero attached hydrogens (tertiary/aromatic N) is 1. The Balaban J connectivity index is 0. The normalized spacial score (nSPS) is 11.6. The van der Waals surface area contributed by atoms with Crippen LogP contribution >= 0.6 is 0 Å². The van der Waals surface area contributed by atoms with E-state index in [1.165, 1.54) is 81.8 Å². The molecule has 0 spiro atoms. The molecule has 230 valence electrons. The van der Waals surface area contributed by atoms with Gasteiger partial charge in [-0.3, -0.25) is 4.79 Å². The van der Waals surface area contributed by atoms with E-state index in [4.69, 9.17) is 4.74 Å². The highest BCUT2D eigenvalue weighted by Gasteiger charge is 2.20. The van der Waals surface area contributed by atoms with Gasteiger partial charge in [-0.2, -0.15) is 0 Å². The highest BCUT2D eigenvalue weighted by atomic mass is 35.5. The van der Waals surface area contributed by atoms with Crippen molar-refractivity contribution in [1.29, 1.82) is 0 Å². The molecule has 1 N–H and O–H groups in total. The number of amides is 1. The third-order valence-corrected chi connectivity index (χ3v) is 7.09. The molecule has 0 aromatic carbocycles. The predicted molar refractivity (Wildman–Crippen MR) is 163 cm³/mol. The molecule has 5 nitrogen and oxygen atoms in total. The van der Waals surface area contributed by atoms with Gasteiger partial charge in [0.05, 0.1) is 20.6 Å². The van der Waals surface area contributed by atoms with Crippen LogP contribution in [0, 0.1) is 0 Å². The standard InChI is InChI=1S/C33H62N2O3.ClH/c1-7-8-9-10-11-12-13-14-15-16-17-18-19-24-32(36)34-26-21-27-35(5,6)29-33(37)38-28-25-31(4)23-20-22-30(2)3;/h22,25H,7-21,23-24,26-29H2,1-6H3;1H. The average molecular weight is 571 g/mol. The van der Waals surface area contributed by atoms with Gasteiger partial charge in [-0.15, -0.1) is 0 Å². The van der Waals surface area contributed by atoms with Gasteiger partial charge in [0.15, 0.2) is 6.54 Å². The van der Waals surface area contributed by atoms with Gasteiger partial charge in [-0.25, -0.2) is 4.79 Å². The first-order valence-electron chi connectivity index (χ1n) is 15.7. The van der Waals surface area contributed by atoms with Gasteiger partial charge >= 0.3 is 5.97 Å². The third-order valence-electron chi connectivity index (χ3n) is 7.09. The van der Waals surface area contributed by atoms with Crippen LogP contribution in [0.5, 0.6) is 0 Å². The molecule has 0 aliphatic heterocycles. The van der Waals surface area contributed by atoms with Crippen LogP contribution in [-0.4, -0.2) is 56.7 Å². The first-order chi connectivity index (χ1) is 18.2. The highest BCUT2D eigenvalue weighted by Crippen LogP contribution is 2.13. The molecule has 0 heterocycles. The topological polar surface area (TPSA) is 55.4 Å². The van der Waals surface area contributed by atoms with Crippen molar-refractivity contribution >= 4 is 11.9 Å². The fourth-order valence-electron chi connectivity index (χ4n) is 4.57. The van der Waals surface area contributed by atoms with Gasteiger partial charge in [0.25, 0.3) is 0 Å². The molecule has 0 aromatic rings. The zero-order chi connectivity index (χ0) is 28.5. The number of nitrogens with one attached hydrogen (secondary N) is 1. The van der Waals surface area contributed by atoms with Crippen LogP contribution in [0.2, 0.25) is 0 Å². The van der Waals surface area contributed by atoms with Crippen molar-refractivity contribution in [2.24, 2.45) is 0 Å². The van der Waals surface area contributed by atoms with E-state index in [0.29, 0.717) is 30.6 Å². The molecule has 0 atom stereocenters. The Morgan fingerprint density at radius 1 is 0.744 bits per heavy atom. The molecular formula is C33H63ClN2O3. The summed E-state index contributed by atoms with van der Waals surface area (Å²) >= 11 is 0. The van der Waals surface area contributed by atoms with E-state index in [2.05, 4.69) is 39.1 Å². The van der Waals surface area contributed by atoms with Gasteiger partial charge in [-0.1, -0.05) is 101 Å². The van der Waals surface area contributed by atoms with E-state index in [-0.39, 0.29) is 24.3 Å². The third kappa shape index (κ3) is 29.5. The lowest BCUT2D eigenvalue weighted by molar-refractivity contribution is -0.883. The lowest BCUT2D eigenvalue weighted by Gasteiger charge is -2.28. The van der Waals surface area contributed by atoms with Crippen LogP contribution in [0.3, 0.4) is 0 Å². The van der Waals surface area contributed by atoms with Crippen molar-refractivity contribution in [3.8, 4) is 0 Å². The number of carbonyl (C=O) groups is 2. The van der Waals surface area contributed by atoms with Crippen LogP contribution < -0.4 is 17.7 Å². The van der Waals surface area contributed by atoms with E-state index in [1.807, 2.05) is 20.2 Å². The summed E-state index contributed by atoms with van der Waals surface area (Å²) < 4.78 is 5.98. The van der Waals surface area contributed by atoms with E-state index in [1.54, 1.807) is 0 Å². The van der Waals surface area contributed by atoms with Crippen LogP contribution in [0.4, 0.5) is 0 Å². The molecular weight excluding hydrogens is 508 g/mol. The number of likely N-dealkylation sites (N-methyl/N-ethyl adjacent to an activating group) is 1.